The molecule has 2 rings (SSSR count). The van der Waals surface area contributed by atoms with E-state index in [0.717, 1.165) is 42.2 Å². The van der Waals surface area contributed by atoms with Crippen molar-refractivity contribution in [1.82, 2.24) is 5.32 Å². The minimum absolute atomic E-state index is 0.0955. The van der Waals surface area contributed by atoms with Crippen molar-refractivity contribution >= 4 is 17.5 Å². The van der Waals surface area contributed by atoms with Crippen molar-refractivity contribution in [2.75, 3.05) is 14.2 Å². The highest BCUT2D eigenvalue weighted by Crippen LogP contribution is 2.20. The molecule has 33 heavy (non-hydrogen) atoms. The summed E-state index contributed by atoms with van der Waals surface area (Å²) < 4.78 is 0. The molecular weight excluding hydrogens is 414 g/mol. The van der Waals surface area contributed by atoms with E-state index in [4.69, 9.17) is 5.11 Å². The highest BCUT2D eigenvalue weighted by Gasteiger charge is 2.14. The van der Waals surface area contributed by atoms with Crippen LogP contribution in [0.4, 0.5) is 0 Å². The first-order valence-corrected chi connectivity index (χ1v) is 11.2. The number of hydrogen-bond donors (Lipinski definition) is 2. The van der Waals surface area contributed by atoms with Gasteiger partial charge in [0, 0.05) is 31.7 Å². The first-order valence-electron chi connectivity index (χ1n) is 11.2. The molecule has 2 N–H and O–H groups in total. The van der Waals surface area contributed by atoms with E-state index in [2.05, 4.69) is 36.2 Å². The number of carbonyl (C=O) groups is 3. The van der Waals surface area contributed by atoms with Gasteiger partial charge in [0.1, 0.15) is 5.78 Å². The number of unbranched alkanes of at least 4 members (excludes halogenated alkanes) is 1. The Bertz CT molecular complexity index is 888. The van der Waals surface area contributed by atoms with Crippen molar-refractivity contribution < 1.29 is 19.5 Å². The van der Waals surface area contributed by atoms with Crippen LogP contribution in [0, 0.1) is 17.8 Å². The van der Waals surface area contributed by atoms with Gasteiger partial charge in [0.25, 0.3) is 0 Å². The Morgan fingerprint density at radius 1 is 0.909 bits per heavy atom. The van der Waals surface area contributed by atoms with E-state index in [9.17, 15) is 14.4 Å². The molecular formula is C28H39NO4. The summed E-state index contributed by atoms with van der Waals surface area (Å²) in [6.07, 6.45) is 2.03. The van der Waals surface area contributed by atoms with Crippen LogP contribution in [0.3, 0.4) is 0 Å². The molecule has 2 aromatic carbocycles. The lowest BCUT2D eigenvalue weighted by molar-refractivity contribution is -0.131. The Labute approximate surface area is 199 Å². The SMILES string of the molecule is CC.CCCC#Cc1ccc(-c2ccc(C(C)=O)cc2)cc1.CNC(=O)C(C)C(C)=O.CO. The third-order valence-electron chi connectivity index (χ3n) is 4.37. The van der Waals surface area contributed by atoms with E-state index in [0.29, 0.717) is 0 Å². The van der Waals surface area contributed by atoms with Gasteiger partial charge in [-0.15, -0.1) is 0 Å². The van der Waals surface area contributed by atoms with Crippen molar-refractivity contribution in [3.8, 4) is 23.0 Å². The van der Waals surface area contributed by atoms with Crippen LogP contribution in [-0.4, -0.2) is 36.7 Å². The molecule has 0 aliphatic rings. The topological polar surface area (TPSA) is 83.5 Å². The zero-order valence-corrected chi connectivity index (χ0v) is 21.3. The fourth-order valence-electron chi connectivity index (χ4n) is 2.33. The fraction of sp³-hybridized carbons (Fsp3) is 0.393. The number of aliphatic hydroxyl groups excluding tert-OH is 1. The molecule has 0 aliphatic carbocycles. The lowest BCUT2D eigenvalue weighted by Crippen LogP contribution is -2.29. The highest BCUT2D eigenvalue weighted by atomic mass is 16.2. The van der Waals surface area contributed by atoms with Gasteiger partial charge in [-0.1, -0.05) is 69.0 Å². The molecule has 0 bridgehead atoms. The molecule has 0 spiro atoms. The van der Waals surface area contributed by atoms with Crippen molar-refractivity contribution in [3.63, 3.8) is 0 Å². The van der Waals surface area contributed by atoms with Crippen LogP contribution in [0.2, 0.25) is 0 Å². The maximum atomic E-state index is 11.2. The summed E-state index contributed by atoms with van der Waals surface area (Å²) in [5, 5.41) is 9.39. The fourth-order valence-corrected chi connectivity index (χ4v) is 2.33. The monoisotopic (exact) mass is 453 g/mol. The second-order valence-corrected chi connectivity index (χ2v) is 6.71. The predicted molar refractivity (Wildman–Crippen MR) is 137 cm³/mol. The van der Waals surface area contributed by atoms with Gasteiger partial charge < -0.3 is 10.4 Å². The largest absolute Gasteiger partial charge is 0.400 e. The third-order valence-corrected chi connectivity index (χ3v) is 4.37. The third kappa shape index (κ3) is 13.0. The summed E-state index contributed by atoms with van der Waals surface area (Å²) in [6.45, 7) is 10.7. The second-order valence-electron chi connectivity index (χ2n) is 6.71. The van der Waals surface area contributed by atoms with Crippen LogP contribution >= 0.6 is 0 Å². The summed E-state index contributed by atoms with van der Waals surface area (Å²) in [6, 6.07) is 15.9. The number of amides is 1. The van der Waals surface area contributed by atoms with E-state index < -0.39 is 5.92 Å². The Kier molecular flexibility index (Phi) is 18.8. The molecule has 0 radical (unpaired) electrons. The van der Waals surface area contributed by atoms with Crippen LogP contribution in [0.25, 0.3) is 11.1 Å². The maximum Gasteiger partial charge on any atom is 0.230 e. The molecule has 5 heteroatoms. The molecule has 1 unspecified atom stereocenters. The first kappa shape index (κ1) is 32.0. The van der Waals surface area contributed by atoms with Gasteiger partial charge in [-0.2, -0.15) is 0 Å². The average Bonchev–Trinajstić information content (AvgIpc) is 2.86. The Balaban J connectivity index is 0. The van der Waals surface area contributed by atoms with Crippen molar-refractivity contribution in [2.45, 2.75) is 54.4 Å². The zero-order valence-electron chi connectivity index (χ0n) is 21.3. The smallest absolute Gasteiger partial charge is 0.230 e. The van der Waals surface area contributed by atoms with Crippen LogP contribution < -0.4 is 5.32 Å². The summed E-state index contributed by atoms with van der Waals surface area (Å²) in [5.74, 6) is 5.57. The quantitative estimate of drug-likeness (QED) is 0.366. The summed E-state index contributed by atoms with van der Waals surface area (Å²) >= 11 is 0. The number of hydrogen-bond acceptors (Lipinski definition) is 4. The molecule has 2 aromatic rings. The number of nitrogens with one attached hydrogen (secondary N) is 1. The molecule has 0 fully saturated rings. The van der Waals surface area contributed by atoms with Gasteiger partial charge in [0.15, 0.2) is 5.78 Å². The molecule has 1 amide bonds. The molecule has 5 nitrogen and oxygen atoms in total. The zero-order chi connectivity index (χ0) is 25.8. The van der Waals surface area contributed by atoms with Crippen LogP contribution in [-0.2, 0) is 9.59 Å². The van der Waals surface area contributed by atoms with Gasteiger partial charge in [-0.25, -0.2) is 0 Å². The molecule has 0 saturated heterocycles. The van der Waals surface area contributed by atoms with Crippen molar-refractivity contribution in [2.24, 2.45) is 5.92 Å². The van der Waals surface area contributed by atoms with Gasteiger partial charge >= 0.3 is 0 Å². The van der Waals surface area contributed by atoms with E-state index >= 15 is 0 Å². The van der Waals surface area contributed by atoms with Crippen molar-refractivity contribution in [3.05, 3.63) is 59.7 Å². The lowest BCUT2D eigenvalue weighted by Gasteiger charge is -2.03. The number of carbonyl (C=O) groups excluding carboxylic acids is 3. The van der Waals surface area contributed by atoms with E-state index in [1.165, 1.54) is 14.0 Å². The second kappa shape index (κ2) is 19.5. The van der Waals surface area contributed by atoms with Crippen LogP contribution in [0.1, 0.15) is 70.3 Å². The number of rotatable bonds is 5. The van der Waals surface area contributed by atoms with Crippen LogP contribution in [0.5, 0.6) is 0 Å². The lowest BCUT2D eigenvalue weighted by atomic mass is 10.0. The number of Topliss-reactive ketones (excluding diaryl/α,β-unsaturated/α-hetero) is 2. The minimum atomic E-state index is -0.505. The molecule has 0 aliphatic heterocycles. The number of ketones is 2. The first-order chi connectivity index (χ1) is 15.8. The maximum absolute atomic E-state index is 11.2. The van der Waals surface area contributed by atoms with E-state index in [-0.39, 0.29) is 17.5 Å². The van der Waals surface area contributed by atoms with E-state index in [1.807, 2.05) is 50.2 Å². The van der Waals surface area contributed by atoms with Gasteiger partial charge in [-0.3, -0.25) is 14.4 Å². The van der Waals surface area contributed by atoms with Gasteiger partial charge in [0.05, 0.1) is 5.92 Å². The van der Waals surface area contributed by atoms with Gasteiger partial charge in [0.2, 0.25) is 5.91 Å². The molecule has 180 valence electrons. The van der Waals surface area contributed by atoms with Gasteiger partial charge in [-0.05, 0) is 50.5 Å². The summed E-state index contributed by atoms with van der Waals surface area (Å²) in [7, 11) is 2.52. The van der Waals surface area contributed by atoms with Crippen LogP contribution in [0.15, 0.2) is 48.5 Å². The Morgan fingerprint density at radius 2 is 1.36 bits per heavy atom. The molecule has 0 heterocycles. The standard InChI is InChI=1S/C19H18O.C6H11NO2.C2H6.CH4O/c1-3-4-5-6-16-7-9-18(10-8-16)19-13-11-17(12-14-19)15(2)20;1-4(5(2)8)6(9)7-3;2*1-2/h7-14H,3-4H2,1-2H3;4H,1-3H3,(H,7,9);1-2H3;2H,1H3. The Hall–Kier alpha value is -3.23. The molecule has 0 aromatic heterocycles. The normalized spacial score (nSPS) is 9.61. The summed E-state index contributed by atoms with van der Waals surface area (Å²) in [4.78, 5) is 32.4. The molecule has 1 atom stereocenters. The minimum Gasteiger partial charge on any atom is -0.400 e. The predicted octanol–water partition coefficient (Wildman–Crippen LogP) is 5.30. The van der Waals surface area contributed by atoms with Crippen molar-refractivity contribution in [1.29, 1.82) is 0 Å². The molecule has 0 saturated carbocycles. The Morgan fingerprint density at radius 3 is 1.70 bits per heavy atom. The highest BCUT2D eigenvalue weighted by molar-refractivity contribution is 5.99. The van der Waals surface area contributed by atoms with E-state index in [1.54, 1.807) is 13.8 Å². The summed E-state index contributed by atoms with van der Waals surface area (Å²) in [5.41, 5.74) is 4.04. The average molecular weight is 454 g/mol. The number of aliphatic hydroxyl groups is 1. The number of benzene rings is 2.